The lowest BCUT2D eigenvalue weighted by Crippen LogP contribution is -2.40. The van der Waals surface area contributed by atoms with Crippen molar-refractivity contribution < 1.29 is 4.79 Å². The molecule has 0 radical (unpaired) electrons. The summed E-state index contributed by atoms with van der Waals surface area (Å²) in [6.45, 7) is 5.20. The smallest absolute Gasteiger partial charge is 0.240 e. The fraction of sp³-hybridized carbons (Fsp3) is 0.467. The van der Waals surface area contributed by atoms with E-state index in [0.29, 0.717) is 6.54 Å². The van der Waals surface area contributed by atoms with Crippen LogP contribution in [0.5, 0.6) is 0 Å². The van der Waals surface area contributed by atoms with Crippen molar-refractivity contribution in [3.8, 4) is 6.07 Å². The van der Waals surface area contributed by atoms with Crippen molar-refractivity contribution in [2.45, 2.75) is 26.8 Å². The van der Waals surface area contributed by atoms with E-state index in [0.717, 1.165) is 13.0 Å². The highest BCUT2D eigenvalue weighted by atomic mass is 16.2. The molecule has 1 atom stereocenters. The second kappa shape index (κ2) is 5.22. The Morgan fingerprint density at radius 1 is 1.33 bits per heavy atom. The highest BCUT2D eigenvalue weighted by Crippen LogP contribution is 2.22. The van der Waals surface area contributed by atoms with Crippen LogP contribution in [-0.4, -0.2) is 17.4 Å². The molecule has 1 amide bonds. The molecule has 1 aromatic carbocycles. The predicted octanol–water partition coefficient (Wildman–Crippen LogP) is 2.37. The Morgan fingerprint density at radius 2 is 2.00 bits per heavy atom. The van der Waals surface area contributed by atoms with Crippen LogP contribution < -0.4 is 0 Å². The number of amides is 1. The fourth-order valence-corrected chi connectivity index (χ4v) is 2.37. The van der Waals surface area contributed by atoms with Crippen LogP contribution in [-0.2, 0) is 17.8 Å². The van der Waals surface area contributed by atoms with Crippen LogP contribution in [0.3, 0.4) is 0 Å². The van der Waals surface area contributed by atoms with Crippen molar-refractivity contribution in [2.75, 3.05) is 6.54 Å². The number of rotatable bonds is 2. The van der Waals surface area contributed by atoms with Crippen molar-refractivity contribution in [2.24, 2.45) is 11.8 Å². The molecular formula is C15H18N2O. The minimum Gasteiger partial charge on any atom is -0.337 e. The Balaban J connectivity index is 2.14. The minimum absolute atomic E-state index is 0.0259. The van der Waals surface area contributed by atoms with Crippen molar-refractivity contribution in [1.29, 1.82) is 5.26 Å². The summed E-state index contributed by atoms with van der Waals surface area (Å²) >= 11 is 0. The van der Waals surface area contributed by atoms with Gasteiger partial charge in [0.05, 0.1) is 6.07 Å². The number of carbonyl (C=O) groups is 1. The van der Waals surface area contributed by atoms with Gasteiger partial charge in [-0.3, -0.25) is 4.79 Å². The van der Waals surface area contributed by atoms with Crippen LogP contribution >= 0.6 is 0 Å². The highest BCUT2D eigenvalue weighted by Gasteiger charge is 2.29. The van der Waals surface area contributed by atoms with Gasteiger partial charge in [0.2, 0.25) is 5.91 Å². The first-order valence-electron chi connectivity index (χ1n) is 6.38. The quantitative estimate of drug-likeness (QED) is 0.799. The molecule has 0 bridgehead atoms. The van der Waals surface area contributed by atoms with Crippen molar-refractivity contribution in [3.63, 3.8) is 0 Å². The second-order valence-electron chi connectivity index (χ2n) is 5.13. The maximum atomic E-state index is 12.3. The van der Waals surface area contributed by atoms with Gasteiger partial charge in [-0.15, -0.1) is 0 Å². The van der Waals surface area contributed by atoms with Crippen LogP contribution in [0, 0.1) is 23.2 Å². The molecule has 0 aliphatic carbocycles. The number of fused-ring (bicyclic) bond motifs is 1. The van der Waals surface area contributed by atoms with Crippen LogP contribution in [0.4, 0.5) is 0 Å². The largest absolute Gasteiger partial charge is 0.337 e. The van der Waals surface area contributed by atoms with Gasteiger partial charge in [0.1, 0.15) is 5.92 Å². The minimum atomic E-state index is -0.518. The Bertz CT molecular complexity index is 488. The molecule has 94 valence electrons. The maximum absolute atomic E-state index is 12.3. The lowest BCUT2D eigenvalue weighted by Gasteiger charge is -2.31. The van der Waals surface area contributed by atoms with Gasteiger partial charge in [-0.25, -0.2) is 0 Å². The highest BCUT2D eigenvalue weighted by molar-refractivity contribution is 5.81. The third kappa shape index (κ3) is 2.38. The van der Waals surface area contributed by atoms with Crippen LogP contribution in [0.25, 0.3) is 0 Å². The lowest BCUT2D eigenvalue weighted by atomic mass is 9.93. The van der Waals surface area contributed by atoms with Crippen LogP contribution in [0.2, 0.25) is 0 Å². The van der Waals surface area contributed by atoms with Crippen molar-refractivity contribution >= 4 is 5.91 Å². The third-order valence-electron chi connectivity index (χ3n) is 3.51. The van der Waals surface area contributed by atoms with Gasteiger partial charge in [-0.2, -0.15) is 5.26 Å². The van der Waals surface area contributed by atoms with E-state index in [-0.39, 0.29) is 11.8 Å². The average Bonchev–Trinajstić information content (AvgIpc) is 2.38. The topological polar surface area (TPSA) is 44.1 Å². The molecule has 0 fully saturated rings. The zero-order valence-corrected chi connectivity index (χ0v) is 10.9. The molecule has 1 aromatic rings. The first kappa shape index (κ1) is 12.6. The molecule has 18 heavy (non-hydrogen) atoms. The van der Waals surface area contributed by atoms with Gasteiger partial charge in [-0.05, 0) is 23.5 Å². The summed E-state index contributed by atoms with van der Waals surface area (Å²) in [6, 6.07) is 10.3. The first-order valence-corrected chi connectivity index (χ1v) is 6.38. The molecule has 0 saturated heterocycles. The van der Waals surface area contributed by atoms with E-state index in [1.807, 2.05) is 30.9 Å². The van der Waals surface area contributed by atoms with Gasteiger partial charge < -0.3 is 4.90 Å². The van der Waals surface area contributed by atoms with Gasteiger partial charge in [-0.1, -0.05) is 38.1 Å². The summed E-state index contributed by atoms with van der Waals surface area (Å²) in [5, 5.41) is 9.10. The summed E-state index contributed by atoms with van der Waals surface area (Å²) in [6.07, 6.45) is 0.887. The number of nitriles is 1. The molecule has 1 unspecified atom stereocenters. The molecule has 0 N–H and O–H groups in total. The average molecular weight is 242 g/mol. The number of hydrogen-bond acceptors (Lipinski definition) is 2. The molecule has 0 spiro atoms. The Kier molecular flexibility index (Phi) is 3.66. The molecule has 1 aliphatic rings. The first-order chi connectivity index (χ1) is 8.63. The monoisotopic (exact) mass is 242 g/mol. The summed E-state index contributed by atoms with van der Waals surface area (Å²) in [5.41, 5.74) is 2.53. The molecule has 0 aromatic heterocycles. The standard InChI is InChI=1S/C15H18N2O/c1-11(2)14(9-16)15(18)17-8-7-12-5-3-4-6-13(12)10-17/h3-6,11,14H,7-8,10H2,1-2H3. The summed E-state index contributed by atoms with van der Waals surface area (Å²) < 4.78 is 0. The SMILES string of the molecule is CC(C)C(C#N)C(=O)N1CCc2ccccc2C1. The molecule has 2 rings (SSSR count). The zero-order valence-electron chi connectivity index (χ0n) is 10.9. The van der Waals surface area contributed by atoms with Crippen molar-refractivity contribution in [1.82, 2.24) is 4.90 Å². The van der Waals surface area contributed by atoms with Crippen LogP contribution in [0.15, 0.2) is 24.3 Å². The molecule has 0 saturated carbocycles. The Hall–Kier alpha value is -1.82. The normalized spacial score (nSPS) is 16.0. The fourth-order valence-electron chi connectivity index (χ4n) is 2.37. The van der Waals surface area contributed by atoms with E-state index in [2.05, 4.69) is 18.2 Å². The molecular weight excluding hydrogens is 224 g/mol. The van der Waals surface area contributed by atoms with E-state index in [1.165, 1.54) is 11.1 Å². The number of nitrogens with zero attached hydrogens (tertiary/aromatic N) is 2. The van der Waals surface area contributed by atoms with E-state index >= 15 is 0 Å². The van der Waals surface area contributed by atoms with E-state index < -0.39 is 5.92 Å². The van der Waals surface area contributed by atoms with E-state index in [4.69, 9.17) is 5.26 Å². The predicted molar refractivity (Wildman–Crippen MR) is 69.5 cm³/mol. The number of benzene rings is 1. The second-order valence-corrected chi connectivity index (χ2v) is 5.13. The van der Waals surface area contributed by atoms with E-state index in [9.17, 15) is 4.79 Å². The van der Waals surface area contributed by atoms with Gasteiger partial charge >= 0.3 is 0 Å². The molecule has 1 aliphatic heterocycles. The summed E-state index contributed by atoms with van der Waals surface area (Å²) in [4.78, 5) is 14.1. The van der Waals surface area contributed by atoms with Crippen LogP contribution in [0.1, 0.15) is 25.0 Å². The van der Waals surface area contributed by atoms with Gasteiger partial charge in [0, 0.05) is 13.1 Å². The third-order valence-corrected chi connectivity index (χ3v) is 3.51. The molecule has 3 heteroatoms. The Labute approximate surface area is 108 Å². The van der Waals surface area contributed by atoms with Gasteiger partial charge in [0.15, 0.2) is 0 Å². The van der Waals surface area contributed by atoms with Gasteiger partial charge in [0.25, 0.3) is 0 Å². The summed E-state index contributed by atoms with van der Waals surface area (Å²) in [7, 11) is 0. The molecule has 1 heterocycles. The van der Waals surface area contributed by atoms with Crippen molar-refractivity contribution in [3.05, 3.63) is 35.4 Å². The number of hydrogen-bond donors (Lipinski definition) is 0. The van der Waals surface area contributed by atoms with E-state index in [1.54, 1.807) is 0 Å². The lowest BCUT2D eigenvalue weighted by molar-refractivity contribution is -0.135. The molecule has 3 nitrogen and oxygen atoms in total. The maximum Gasteiger partial charge on any atom is 0.240 e. The Morgan fingerprint density at radius 3 is 2.61 bits per heavy atom. The zero-order chi connectivity index (χ0) is 13.1. The number of carbonyl (C=O) groups excluding carboxylic acids is 1. The summed E-state index contributed by atoms with van der Waals surface area (Å²) in [5.74, 6) is -0.475.